The Kier molecular flexibility index (Phi) is 3.94. The normalized spacial score (nSPS) is 12.2. The van der Waals surface area contributed by atoms with E-state index in [0.717, 1.165) is 0 Å². The van der Waals surface area contributed by atoms with Crippen molar-refractivity contribution in [2.75, 3.05) is 11.9 Å². The summed E-state index contributed by atoms with van der Waals surface area (Å²) in [6.07, 6.45) is 3.79. The topological polar surface area (TPSA) is 106 Å². The van der Waals surface area contributed by atoms with E-state index in [9.17, 15) is 15.2 Å². The third kappa shape index (κ3) is 3.09. The third-order valence-electron chi connectivity index (χ3n) is 2.87. The highest BCUT2D eigenvalue weighted by atomic mass is 16.6. The van der Waals surface area contributed by atoms with Crippen LogP contribution in [-0.4, -0.2) is 31.3 Å². The zero-order valence-electron chi connectivity index (χ0n) is 11.1. The highest BCUT2D eigenvalue weighted by Gasteiger charge is 2.13. The van der Waals surface area contributed by atoms with E-state index in [4.69, 9.17) is 0 Å². The van der Waals surface area contributed by atoms with Crippen LogP contribution >= 0.6 is 0 Å². The molecule has 0 aromatic carbocycles. The molecule has 8 heteroatoms. The van der Waals surface area contributed by atoms with Crippen LogP contribution in [0.2, 0.25) is 0 Å². The van der Waals surface area contributed by atoms with E-state index in [-0.39, 0.29) is 12.2 Å². The molecule has 8 nitrogen and oxygen atoms in total. The molecule has 2 aromatic heterocycles. The number of anilines is 1. The molecule has 2 aromatic rings. The number of aromatic nitrogens is 3. The van der Waals surface area contributed by atoms with Crippen molar-refractivity contribution in [2.24, 2.45) is 7.05 Å². The molecule has 2 N–H and O–H groups in total. The summed E-state index contributed by atoms with van der Waals surface area (Å²) in [5.41, 5.74) is 1.19. The van der Waals surface area contributed by atoms with Crippen molar-refractivity contribution in [3.63, 3.8) is 0 Å². The molecule has 2 heterocycles. The van der Waals surface area contributed by atoms with Gasteiger partial charge in [-0.3, -0.25) is 14.8 Å². The summed E-state index contributed by atoms with van der Waals surface area (Å²) >= 11 is 0. The van der Waals surface area contributed by atoms with Crippen LogP contribution in [-0.2, 0) is 7.05 Å². The van der Waals surface area contributed by atoms with E-state index in [2.05, 4.69) is 15.4 Å². The van der Waals surface area contributed by atoms with Crippen molar-refractivity contribution in [3.8, 4) is 0 Å². The van der Waals surface area contributed by atoms with Crippen molar-refractivity contribution < 1.29 is 10.0 Å². The lowest BCUT2D eigenvalue weighted by atomic mass is 10.2. The van der Waals surface area contributed by atoms with Crippen LogP contribution in [0.3, 0.4) is 0 Å². The number of aliphatic hydroxyl groups excluding tert-OH is 1. The molecule has 0 aliphatic rings. The minimum atomic E-state index is -0.721. The molecule has 0 aliphatic carbocycles. The van der Waals surface area contributed by atoms with Gasteiger partial charge in [0.2, 0.25) is 0 Å². The molecular formula is C12H15N5O3. The maximum absolute atomic E-state index is 10.7. The second kappa shape index (κ2) is 5.66. The standard InChI is InChI=1S/C12H15N5O3/c1-8-3-12(13-5-10(8)17(19)20)14-6-11(18)9-4-15-16(2)7-9/h3-5,7,11,18H,6H2,1-2H3,(H,13,14). The van der Waals surface area contributed by atoms with Gasteiger partial charge in [0.25, 0.3) is 5.69 Å². The molecule has 106 valence electrons. The first-order chi connectivity index (χ1) is 9.47. The fourth-order valence-corrected chi connectivity index (χ4v) is 1.77. The van der Waals surface area contributed by atoms with Gasteiger partial charge in [-0.05, 0) is 13.0 Å². The predicted molar refractivity (Wildman–Crippen MR) is 72.3 cm³/mol. The molecule has 20 heavy (non-hydrogen) atoms. The summed E-state index contributed by atoms with van der Waals surface area (Å²) in [5, 5.41) is 27.6. The van der Waals surface area contributed by atoms with Crippen molar-refractivity contribution in [1.29, 1.82) is 0 Å². The van der Waals surface area contributed by atoms with Gasteiger partial charge in [-0.15, -0.1) is 0 Å². The molecule has 0 amide bonds. The van der Waals surface area contributed by atoms with E-state index in [0.29, 0.717) is 16.9 Å². The van der Waals surface area contributed by atoms with E-state index in [1.807, 2.05) is 0 Å². The number of hydrogen-bond donors (Lipinski definition) is 2. The molecule has 0 radical (unpaired) electrons. The summed E-state index contributed by atoms with van der Waals surface area (Å²) in [6.45, 7) is 1.89. The molecule has 0 aliphatic heterocycles. The summed E-state index contributed by atoms with van der Waals surface area (Å²) in [6, 6.07) is 1.58. The molecule has 2 rings (SSSR count). The Morgan fingerprint density at radius 3 is 2.85 bits per heavy atom. The van der Waals surface area contributed by atoms with Gasteiger partial charge in [0.05, 0.1) is 17.2 Å². The molecule has 1 atom stereocenters. The van der Waals surface area contributed by atoms with E-state index < -0.39 is 11.0 Å². The number of aliphatic hydroxyl groups is 1. The fourth-order valence-electron chi connectivity index (χ4n) is 1.77. The quantitative estimate of drug-likeness (QED) is 0.627. The van der Waals surface area contributed by atoms with Gasteiger partial charge in [0.15, 0.2) is 0 Å². The Labute approximate surface area is 115 Å². The summed E-state index contributed by atoms with van der Waals surface area (Å²) in [7, 11) is 1.77. The van der Waals surface area contributed by atoms with E-state index >= 15 is 0 Å². The lowest BCUT2D eigenvalue weighted by molar-refractivity contribution is -0.385. The Morgan fingerprint density at radius 1 is 1.55 bits per heavy atom. The molecule has 0 fully saturated rings. The minimum Gasteiger partial charge on any atom is -0.386 e. The molecule has 1 unspecified atom stereocenters. The first-order valence-corrected chi connectivity index (χ1v) is 5.99. The van der Waals surface area contributed by atoms with Gasteiger partial charge in [0.1, 0.15) is 12.0 Å². The second-order valence-electron chi connectivity index (χ2n) is 4.46. The molecule has 0 spiro atoms. The number of hydrogen-bond acceptors (Lipinski definition) is 6. The average Bonchev–Trinajstić information content (AvgIpc) is 2.82. The van der Waals surface area contributed by atoms with Crippen molar-refractivity contribution in [3.05, 3.63) is 45.9 Å². The third-order valence-corrected chi connectivity index (χ3v) is 2.87. The zero-order valence-corrected chi connectivity index (χ0v) is 11.1. The summed E-state index contributed by atoms with van der Waals surface area (Å²) in [5.74, 6) is 0.482. The molecule has 0 saturated carbocycles. The number of nitro groups is 1. The number of nitrogens with one attached hydrogen (secondary N) is 1. The predicted octanol–water partition coefficient (Wildman–Crippen LogP) is 1.18. The van der Waals surface area contributed by atoms with Crippen molar-refractivity contribution >= 4 is 11.5 Å². The Hall–Kier alpha value is -2.48. The van der Waals surface area contributed by atoms with Crippen molar-refractivity contribution in [1.82, 2.24) is 14.8 Å². The Balaban J connectivity index is 2.00. The highest BCUT2D eigenvalue weighted by molar-refractivity contribution is 5.46. The van der Waals surface area contributed by atoms with Crippen LogP contribution < -0.4 is 5.32 Å². The number of nitrogens with zero attached hydrogens (tertiary/aromatic N) is 4. The van der Waals surface area contributed by atoms with Gasteiger partial charge in [0, 0.05) is 30.9 Å². The Morgan fingerprint density at radius 2 is 2.30 bits per heavy atom. The van der Waals surface area contributed by atoms with Crippen molar-refractivity contribution in [2.45, 2.75) is 13.0 Å². The Bertz CT molecular complexity index is 625. The van der Waals surface area contributed by atoms with Crippen LogP contribution in [0.4, 0.5) is 11.5 Å². The number of pyridine rings is 1. The molecule has 0 bridgehead atoms. The number of rotatable bonds is 5. The van der Waals surface area contributed by atoms with E-state index in [1.54, 1.807) is 37.1 Å². The average molecular weight is 277 g/mol. The van der Waals surface area contributed by atoms with Gasteiger partial charge in [-0.1, -0.05) is 0 Å². The SMILES string of the molecule is Cc1cc(NCC(O)c2cnn(C)c2)ncc1[N+](=O)[O-]. The van der Waals surface area contributed by atoms with Gasteiger partial charge >= 0.3 is 0 Å². The molecular weight excluding hydrogens is 262 g/mol. The van der Waals surface area contributed by atoms with Crippen LogP contribution in [0, 0.1) is 17.0 Å². The highest BCUT2D eigenvalue weighted by Crippen LogP contribution is 2.19. The van der Waals surface area contributed by atoms with Crippen LogP contribution in [0.15, 0.2) is 24.7 Å². The largest absolute Gasteiger partial charge is 0.386 e. The van der Waals surface area contributed by atoms with Gasteiger partial charge in [-0.2, -0.15) is 5.10 Å². The van der Waals surface area contributed by atoms with Crippen LogP contribution in [0.1, 0.15) is 17.2 Å². The molecule has 0 saturated heterocycles. The van der Waals surface area contributed by atoms with Gasteiger partial charge in [-0.25, -0.2) is 4.98 Å². The smallest absolute Gasteiger partial charge is 0.290 e. The first kappa shape index (κ1) is 13.9. The van der Waals surface area contributed by atoms with Crippen LogP contribution in [0.25, 0.3) is 0 Å². The maximum Gasteiger partial charge on any atom is 0.290 e. The minimum absolute atomic E-state index is 0.0247. The lowest BCUT2D eigenvalue weighted by Crippen LogP contribution is -2.12. The number of aryl methyl sites for hydroxylation is 2. The zero-order chi connectivity index (χ0) is 14.7. The summed E-state index contributed by atoms with van der Waals surface area (Å²) < 4.78 is 1.60. The second-order valence-corrected chi connectivity index (χ2v) is 4.46. The fraction of sp³-hybridized carbons (Fsp3) is 0.333. The summed E-state index contributed by atoms with van der Waals surface area (Å²) in [4.78, 5) is 14.2. The maximum atomic E-state index is 10.7. The first-order valence-electron chi connectivity index (χ1n) is 5.99. The monoisotopic (exact) mass is 277 g/mol. The van der Waals surface area contributed by atoms with E-state index in [1.165, 1.54) is 6.20 Å². The lowest BCUT2D eigenvalue weighted by Gasteiger charge is -2.10. The van der Waals surface area contributed by atoms with Gasteiger partial charge < -0.3 is 10.4 Å². The van der Waals surface area contributed by atoms with Crippen LogP contribution in [0.5, 0.6) is 0 Å².